The molecule has 28 heavy (non-hydrogen) atoms. The van der Waals surface area contributed by atoms with E-state index in [4.69, 9.17) is 4.74 Å². The molecule has 1 aromatic carbocycles. The van der Waals surface area contributed by atoms with Crippen molar-refractivity contribution in [2.75, 3.05) is 31.5 Å². The first-order chi connectivity index (χ1) is 13.4. The second-order valence-electron chi connectivity index (χ2n) is 8.13. The van der Waals surface area contributed by atoms with Crippen LogP contribution in [0.15, 0.2) is 18.2 Å². The third kappa shape index (κ3) is 3.51. The van der Waals surface area contributed by atoms with Gasteiger partial charge in [0.15, 0.2) is 11.9 Å². The summed E-state index contributed by atoms with van der Waals surface area (Å²) in [6, 6.07) is 5.20. The molecule has 2 atom stereocenters. The van der Waals surface area contributed by atoms with Gasteiger partial charge in [0.25, 0.3) is 5.91 Å². The zero-order valence-electron chi connectivity index (χ0n) is 16.4. The monoisotopic (exact) mass is 385 g/mol. The lowest BCUT2D eigenvalue weighted by Crippen LogP contribution is -2.51. The molecule has 7 nitrogen and oxygen atoms in total. The van der Waals surface area contributed by atoms with Crippen molar-refractivity contribution in [1.29, 1.82) is 0 Å². The van der Waals surface area contributed by atoms with E-state index < -0.39 is 6.10 Å². The molecular formula is C21H27N3O4. The Hall–Kier alpha value is -2.41. The van der Waals surface area contributed by atoms with Crippen LogP contribution >= 0.6 is 0 Å². The number of carbonyl (C=O) groups excluding carboxylic acids is 3. The van der Waals surface area contributed by atoms with E-state index in [1.54, 1.807) is 25.1 Å². The van der Waals surface area contributed by atoms with Gasteiger partial charge in [-0.15, -0.1) is 0 Å². The first-order valence-corrected chi connectivity index (χ1v) is 10.1. The van der Waals surface area contributed by atoms with Gasteiger partial charge in [-0.25, -0.2) is 0 Å². The summed E-state index contributed by atoms with van der Waals surface area (Å²) in [6.07, 6.45) is 0.822. The smallest absolute Gasteiger partial charge is 0.265 e. The van der Waals surface area contributed by atoms with Gasteiger partial charge in [0, 0.05) is 30.5 Å². The molecule has 2 unspecified atom stereocenters. The number of hydrogen-bond acceptors (Lipinski definition) is 5. The van der Waals surface area contributed by atoms with Gasteiger partial charge in [-0.3, -0.25) is 14.4 Å². The van der Waals surface area contributed by atoms with E-state index >= 15 is 0 Å². The Bertz CT molecular complexity index is 797. The van der Waals surface area contributed by atoms with Crippen LogP contribution in [0.25, 0.3) is 0 Å². The van der Waals surface area contributed by atoms with E-state index in [1.807, 2.05) is 11.8 Å². The third-order valence-corrected chi connectivity index (χ3v) is 6.28. The van der Waals surface area contributed by atoms with Gasteiger partial charge in [-0.05, 0) is 57.0 Å². The minimum atomic E-state index is -0.533. The van der Waals surface area contributed by atoms with Crippen molar-refractivity contribution in [3.63, 3.8) is 0 Å². The second-order valence-corrected chi connectivity index (χ2v) is 8.13. The van der Waals surface area contributed by atoms with Gasteiger partial charge in [-0.2, -0.15) is 0 Å². The zero-order valence-corrected chi connectivity index (χ0v) is 16.4. The van der Waals surface area contributed by atoms with Crippen molar-refractivity contribution < 1.29 is 19.1 Å². The van der Waals surface area contributed by atoms with Crippen LogP contribution in [-0.2, 0) is 9.59 Å². The number of fused-ring (bicyclic) bond motifs is 1. The van der Waals surface area contributed by atoms with Gasteiger partial charge < -0.3 is 20.3 Å². The van der Waals surface area contributed by atoms with Crippen LogP contribution in [0.3, 0.4) is 0 Å². The van der Waals surface area contributed by atoms with Gasteiger partial charge in [0.2, 0.25) is 5.91 Å². The van der Waals surface area contributed by atoms with Crippen molar-refractivity contribution in [2.45, 2.75) is 32.8 Å². The Morgan fingerprint density at radius 3 is 2.57 bits per heavy atom. The van der Waals surface area contributed by atoms with Gasteiger partial charge in [0.05, 0.1) is 5.69 Å². The Balaban J connectivity index is 1.37. The lowest BCUT2D eigenvalue weighted by molar-refractivity contribution is -0.138. The molecule has 2 fully saturated rings. The lowest BCUT2D eigenvalue weighted by atomic mass is 9.85. The molecule has 7 heteroatoms. The van der Waals surface area contributed by atoms with Crippen LogP contribution in [-0.4, -0.2) is 54.8 Å². The van der Waals surface area contributed by atoms with Crippen molar-refractivity contribution in [2.24, 2.45) is 17.8 Å². The van der Waals surface area contributed by atoms with E-state index in [9.17, 15) is 14.4 Å². The predicted molar refractivity (Wildman–Crippen MR) is 104 cm³/mol. The van der Waals surface area contributed by atoms with Gasteiger partial charge >= 0.3 is 0 Å². The molecule has 2 amide bonds. The van der Waals surface area contributed by atoms with Gasteiger partial charge in [-0.1, -0.05) is 6.92 Å². The molecule has 3 aliphatic rings. The first-order valence-electron chi connectivity index (χ1n) is 10.1. The van der Waals surface area contributed by atoms with Crippen molar-refractivity contribution in [1.82, 2.24) is 10.2 Å². The number of ketones is 1. The fourth-order valence-electron chi connectivity index (χ4n) is 4.11. The molecule has 0 bridgehead atoms. The Morgan fingerprint density at radius 2 is 1.93 bits per heavy atom. The van der Waals surface area contributed by atoms with Crippen LogP contribution in [0.4, 0.5) is 5.69 Å². The molecular weight excluding hydrogens is 358 g/mol. The maximum Gasteiger partial charge on any atom is 0.265 e. The number of nitrogens with one attached hydrogen (secondary N) is 2. The number of piperidine rings is 1. The summed E-state index contributed by atoms with van der Waals surface area (Å²) < 4.78 is 5.55. The summed E-state index contributed by atoms with van der Waals surface area (Å²) in [7, 11) is 0. The molecule has 3 heterocycles. The highest BCUT2D eigenvalue weighted by Crippen LogP contribution is 2.32. The SMILES string of the molecule is CC1Oc2ccc(C(=O)C3CCN(C(=O)C(C)C4CNC4)CC3)cc2NC1=O. The molecule has 0 spiro atoms. The number of Topliss-reactive ketones (excluding diaryl/α,β-unsaturated/α-hetero) is 1. The molecule has 1 aromatic rings. The van der Waals surface area contributed by atoms with Crippen LogP contribution in [0, 0.1) is 17.8 Å². The number of likely N-dealkylation sites (tertiary alicyclic amines) is 1. The maximum absolute atomic E-state index is 12.9. The Labute approximate surface area is 164 Å². The number of benzene rings is 1. The lowest BCUT2D eigenvalue weighted by Gasteiger charge is -2.37. The fraction of sp³-hybridized carbons (Fsp3) is 0.571. The second kappa shape index (κ2) is 7.54. The molecule has 150 valence electrons. The Kier molecular flexibility index (Phi) is 5.10. The average molecular weight is 385 g/mol. The quantitative estimate of drug-likeness (QED) is 0.770. The van der Waals surface area contributed by atoms with E-state index in [0.717, 1.165) is 13.1 Å². The zero-order chi connectivity index (χ0) is 19.8. The third-order valence-electron chi connectivity index (χ3n) is 6.28. The molecule has 2 N–H and O–H groups in total. The van der Waals surface area contributed by atoms with Crippen LogP contribution in [0.5, 0.6) is 5.75 Å². The van der Waals surface area contributed by atoms with Crippen molar-refractivity contribution >= 4 is 23.3 Å². The van der Waals surface area contributed by atoms with Gasteiger partial charge in [0.1, 0.15) is 5.75 Å². The highest BCUT2D eigenvalue weighted by atomic mass is 16.5. The molecule has 2 saturated heterocycles. The minimum absolute atomic E-state index is 0.0418. The van der Waals surface area contributed by atoms with Crippen molar-refractivity contribution in [3.05, 3.63) is 23.8 Å². The minimum Gasteiger partial charge on any atom is -0.479 e. The number of nitrogens with zero attached hydrogens (tertiary/aromatic N) is 1. The predicted octanol–water partition coefficient (Wildman–Crippen LogP) is 1.68. The molecule has 0 radical (unpaired) electrons. The summed E-state index contributed by atoms with van der Waals surface area (Å²) in [4.78, 5) is 39.3. The van der Waals surface area contributed by atoms with Crippen LogP contribution in [0.2, 0.25) is 0 Å². The van der Waals surface area contributed by atoms with E-state index in [1.165, 1.54) is 0 Å². The van der Waals surface area contributed by atoms with E-state index in [-0.39, 0.29) is 29.4 Å². The average Bonchev–Trinajstić information content (AvgIpc) is 2.66. The maximum atomic E-state index is 12.9. The van der Waals surface area contributed by atoms with Crippen molar-refractivity contribution in [3.8, 4) is 5.75 Å². The largest absolute Gasteiger partial charge is 0.479 e. The first kappa shape index (κ1) is 18.9. The molecule has 0 aliphatic carbocycles. The van der Waals surface area contributed by atoms with E-state index in [0.29, 0.717) is 48.8 Å². The fourth-order valence-corrected chi connectivity index (χ4v) is 4.11. The number of amides is 2. The molecule has 0 aromatic heterocycles. The summed E-state index contributed by atoms with van der Waals surface area (Å²) in [5, 5.41) is 6.01. The van der Waals surface area contributed by atoms with Crippen LogP contribution < -0.4 is 15.4 Å². The summed E-state index contributed by atoms with van der Waals surface area (Å²) in [5.41, 5.74) is 1.13. The summed E-state index contributed by atoms with van der Waals surface area (Å²) in [5.74, 6) is 1.03. The summed E-state index contributed by atoms with van der Waals surface area (Å²) >= 11 is 0. The summed E-state index contributed by atoms with van der Waals surface area (Å²) in [6.45, 7) is 6.78. The van der Waals surface area contributed by atoms with E-state index in [2.05, 4.69) is 10.6 Å². The highest BCUT2D eigenvalue weighted by molar-refractivity contribution is 6.02. The molecule has 3 aliphatic heterocycles. The number of hydrogen-bond donors (Lipinski definition) is 2. The Morgan fingerprint density at radius 1 is 1.21 bits per heavy atom. The number of anilines is 1. The molecule has 4 rings (SSSR count). The highest BCUT2D eigenvalue weighted by Gasteiger charge is 2.35. The number of ether oxygens (including phenoxy) is 1. The topological polar surface area (TPSA) is 87.7 Å². The number of rotatable bonds is 4. The molecule has 0 saturated carbocycles. The number of carbonyl (C=O) groups is 3. The normalized spacial score (nSPS) is 23.9. The standard InChI is InChI=1S/C21H27N3O4/c1-12(16-10-22-11-16)21(27)24-7-5-14(6-8-24)19(25)15-3-4-18-17(9-15)23-20(26)13(2)28-18/h3-4,9,12-14,16,22H,5-8,10-11H2,1-2H3,(H,23,26). The van der Waals surface area contributed by atoms with Crippen LogP contribution in [0.1, 0.15) is 37.0 Å².